The van der Waals surface area contributed by atoms with Crippen LogP contribution in [-0.4, -0.2) is 29.2 Å². The molecule has 0 unspecified atom stereocenters. The lowest BCUT2D eigenvalue weighted by molar-refractivity contribution is -0.140. The van der Waals surface area contributed by atoms with Crippen molar-refractivity contribution in [1.82, 2.24) is 4.90 Å². The molecular formula is C40H38Cl2N2O4. The van der Waals surface area contributed by atoms with Crippen LogP contribution < -0.4 is 10.1 Å². The molecule has 1 N–H and O–H groups in total. The molecule has 4 aliphatic rings. The molecule has 4 aromatic carbocycles. The maximum Gasteiger partial charge on any atom is 0.235 e. The fourth-order valence-corrected chi connectivity index (χ4v) is 8.94. The van der Waals surface area contributed by atoms with Gasteiger partial charge in [-0.05, 0) is 89.4 Å². The zero-order valence-corrected chi connectivity index (χ0v) is 28.8. The number of nitrogens with zero attached hydrogens (tertiary/aromatic N) is 1. The quantitative estimate of drug-likeness (QED) is 0.103. The lowest BCUT2D eigenvalue weighted by atomic mass is 9.54. The van der Waals surface area contributed by atoms with Gasteiger partial charge in [-0.15, -0.1) is 23.2 Å². The first-order valence-corrected chi connectivity index (χ1v) is 17.4. The summed E-state index contributed by atoms with van der Waals surface area (Å²) in [6, 6.07) is 28.9. The van der Waals surface area contributed by atoms with Gasteiger partial charge in [-0.3, -0.25) is 19.3 Å². The molecule has 1 fully saturated rings. The molecule has 6 nitrogen and oxygen atoms in total. The number of benzene rings is 4. The monoisotopic (exact) mass is 680 g/mol. The average molecular weight is 682 g/mol. The zero-order valence-electron chi connectivity index (χ0n) is 27.3. The van der Waals surface area contributed by atoms with E-state index in [2.05, 4.69) is 31.3 Å². The normalized spacial score (nSPS) is 23.6. The summed E-state index contributed by atoms with van der Waals surface area (Å²) < 4.78 is 6.17. The number of ether oxygens (including phenoxy) is 1. The average Bonchev–Trinajstić information content (AvgIpc) is 3.34. The lowest BCUT2D eigenvalue weighted by Gasteiger charge is -2.54. The number of carbonyl (C=O) groups excluding carboxylic acids is 3. The van der Waals surface area contributed by atoms with E-state index < -0.39 is 21.6 Å². The van der Waals surface area contributed by atoms with E-state index in [1.54, 1.807) is 0 Å². The van der Waals surface area contributed by atoms with Crippen LogP contribution in [0.15, 0.2) is 91.0 Å². The first kappa shape index (κ1) is 32.4. The smallest absolute Gasteiger partial charge is 0.235 e. The van der Waals surface area contributed by atoms with Gasteiger partial charge in [0, 0.05) is 18.7 Å². The van der Waals surface area contributed by atoms with E-state index in [-0.39, 0.29) is 24.3 Å². The van der Waals surface area contributed by atoms with Crippen LogP contribution in [0.25, 0.3) is 0 Å². The third kappa shape index (κ3) is 5.12. The molecule has 8 rings (SSSR count). The standard InChI is InChI=1S/C40H38Cl2N2O4/c1-24(2)28-21-16-25(3)23-33(28)48-27-19-17-26(18-20-27)43-34(45)15-5-4-10-22-44-37(46)35-36(38(44)47)40(42)30-12-7-6-11-29(30)39(35,41)31-13-8-9-14-32(31)40/h6-9,11-14,16-21,23-24,35-36H,4-5,10,15,22H2,1-3H3,(H,43,45)/t35-,36+,39?,40?. The van der Waals surface area contributed by atoms with Crippen molar-refractivity contribution < 1.29 is 19.1 Å². The van der Waals surface area contributed by atoms with E-state index in [1.807, 2.05) is 85.8 Å². The molecule has 8 heteroatoms. The largest absolute Gasteiger partial charge is 0.457 e. The Hall–Kier alpha value is -4.13. The second-order valence-electron chi connectivity index (χ2n) is 13.5. The molecule has 1 saturated heterocycles. The predicted octanol–water partition coefficient (Wildman–Crippen LogP) is 9.00. The van der Waals surface area contributed by atoms with Crippen molar-refractivity contribution in [3.63, 3.8) is 0 Å². The van der Waals surface area contributed by atoms with E-state index >= 15 is 0 Å². The predicted molar refractivity (Wildman–Crippen MR) is 189 cm³/mol. The number of nitrogens with one attached hydrogen (secondary N) is 1. The SMILES string of the molecule is Cc1ccc(C(C)C)c(Oc2ccc(NC(=O)CCCCCN3C(=O)[C@@H]4[C@H](C3=O)C3(Cl)c5ccccc5C4(Cl)c4ccccc43)cc2)c1. The number of carbonyl (C=O) groups is 3. The minimum Gasteiger partial charge on any atom is -0.457 e. The molecule has 3 aliphatic carbocycles. The van der Waals surface area contributed by atoms with Crippen molar-refractivity contribution in [1.29, 1.82) is 0 Å². The Morgan fingerprint density at radius 2 is 1.33 bits per heavy atom. The Kier molecular flexibility index (Phi) is 8.37. The van der Waals surface area contributed by atoms with Crippen LogP contribution in [0.4, 0.5) is 5.69 Å². The Bertz CT molecular complexity index is 1800. The first-order chi connectivity index (χ1) is 23.0. The minimum atomic E-state index is -1.17. The van der Waals surface area contributed by atoms with Gasteiger partial charge in [-0.2, -0.15) is 0 Å². The van der Waals surface area contributed by atoms with Gasteiger partial charge in [0.15, 0.2) is 0 Å². The van der Waals surface area contributed by atoms with Crippen molar-refractivity contribution in [2.24, 2.45) is 11.8 Å². The number of unbranched alkanes of at least 4 members (excludes halogenated alkanes) is 2. The van der Waals surface area contributed by atoms with Crippen molar-refractivity contribution in [2.75, 3.05) is 11.9 Å². The summed E-state index contributed by atoms with van der Waals surface area (Å²) >= 11 is 15.0. The van der Waals surface area contributed by atoms with Gasteiger partial charge >= 0.3 is 0 Å². The molecule has 0 spiro atoms. The van der Waals surface area contributed by atoms with E-state index in [4.69, 9.17) is 27.9 Å². The minimum absolute atomic E-state index is 0.0935. The fourth-order valence-electron chi connectivity index (χ4n) is 7.84. The second kappa shape index (κ2) is 12.4. The lowest BCUT2D eigenvalue weighted by Crippen LogP contribution is -2.57. The zero-order chi connectivity index (χ0) is 33.8. The van der Waals surface area contributed by atoms with Crippen molar-refractivity contribution in [3.05, 3.63) is 124 Å². The number of anilines is 1. The molecule has 2 atom stereocenters. The molecule has 3 amide bonds. The van der Waals surface area contributed by atoms with Gasteiger partial charge in [0.25, 0.3) is 0 Å². The highest BCUT2D eigenvalue weighted by molar-refractivity contribution is 6.36. The number of alkyl halides is 2. The summed E-state index contributed by atoms with van der Waals surface area (Å²) in [4.78, 5) is 39.6. The summed E-state index contributed by atoms with van der Waals surface area (Å²) in [5.74, 6) is -0.345. The molecule has 1 heterocycles. The van der Waals surface area contributed by atoms with Crippen LogP contribution in [0.2, 0.25) is 0 Å². The molecule has 246 valence electrons. The van der Waals surface area contributed by atoms with Crippen LogP contribution in [-0.2, 0) is 24.1 Å². The third-order valence-electron chi connectivity index (χ3n) is 10.1. The second-order valence-corrected chi connectivity index (χ2v) is 14.7. The van der Waals surface area contributed by atoms with Gasteiger partial charge < -0.3 is 10.1 Å². The summed E-state index contributed by atoms with van der Waals surface area (Å²) in [7, 11) is 0. The number of halogens is 2. The number of hydrogen-bond acceptors (Lipinski definition) is 4. The molecule has 4 aromatic rings. The number of aryl methyl sites for hydroxylation is 1. The van der Waals surface area contributed by atoms with Crippen LogP contribution in [0.1, 0.15) is 78.8 Å². The summed E-state index contributed by atoms with van der Waals surface area (Å²) in [5, 5.41) is 2.95. The fraction of sp³-hybridized carbons (Fsp3) is 0.325. The van der Waals surface area contributed by atoms with E-state index in [1.165, 1.54) is 4.90 Å². The highest BCUT2D eigenvalue weighted by Crippen LogP contribution is 2.69. The third-order valence-corrected chi connectivity index (χ3v) is 11.4. The molecule has 48 heavy (non-hydrogen) atoms. The Morgan fingerprint density at radius 1 is 0.792 bits per heavy atom. The van der Waals surface area contributed by atoms with E-state index in [9.17, 15) is 14.4 Å². The van der Waals surface area contributed by atoms with Gasteiger partial charge in [-0.1, -0.05) is 80.9 Å². The number of hydrogen-bond donors (Lipinski definition) is 1. The number of imide groups is 1. The highest BCUT2D eigenvalue weighted by Gasteiger charge is 2.72. The summed E-state index contributed by atoms with van der Waals surface area (Å²) in [5.41, 5.74) is 6.15. The van der Waals surface area contributed by atoms with E-state index in [0.717, 1.165) is 39.1 Å². The Balaban J connectivity index is 0.943. The molecule has 1 aliphatic heterocycles. The molecular weight excluding hydrogens is 643 g/mol. The van der Waals surface area contributed by atoms with Crippen LogP contribution >= 0.6 is 23.2 Å². The Labute approximate surface area is 291 Å². The van der Waals surface area contributed by atoms with Crippen molar-refractivity contribution >= 4 is 46.6 Å². The maximum atomic E-state index is 14.0. The van der Waals surface area contributed by atoms with Crippen LogP contribution in [0.5, 0.6) is 11.5 Å². The number of amides is 3. The van der Waals surface area contributed by atoms with Crippen LogP contribution in [0.3, 0.4) is 0 Å². The molecule has 0 aromatic heterocycles. The van der Waals surface area contributed by atoms with Gasteiger partial charge in [-0.25, -0.2) is 0 Å². The van der Waals surface area contributed by atoms with E-state index in [0.29, 0.717) is 43.0 Å². The topological polar surface area (TPSA) is 75.7 Å². The van der Waals surface area contributed by atoms with Gasteiger partial charge in [0.05, 0.1) is 11.8 Å². The first-order valence-electron chi connectivity index (χ1n) is 16.7. The van der Waals surface area contributed by atoms with Crippen LogP contribution in [0, 0.1) is 18.8 Å². The molecule has 0 radical (unpaired) electrons. The summed E-state index contributed by atoms with van der Waals surface area (Å²) in [6.07, 6.45) is 2.21. The summed E-state index contributed by atoms with van der Waals surface area (Å²) in [6.45, 7) is 6.58. The molecule has 0 saturated carbocycles. The highest BCUT2D eigenvalue weighted by atomic mass is 35.5. The number of rotatable bonds is 10. The van der Waals surface area contributed by atoms with Gasteiger partial charge in [0.1, 0.15) is 21.2 Å². The van der Waals surface area contributed by atoms with Crippen molar-refractivity contribution in [3.8, 4) is 11.5 Å². The Morgan fingerprint density at radius 3 is 1.85 bits per heavy atom. The molecule has 2 bridgehead atoms. The maximum absolute atomic E-state index is 14.0. The number of likely N-dealkylation sites (tertiary alicyclic amines) is 1. The van der Waals surface area contributed by atoms with Crippen molar-refractivity contribution in [2.45, 2.75) is 62.1 Å². The van der Waals surface area contributed by atoms with Gasteiger partial charge in [0.2, 0.25) is 17.7 Å².